The minimum absolute atomic E-state index is 0.0557. The highest BCUT2D eigenvalue weighted by Crippen LogP contribution is 2.73. The lowest BCUT2D eigenvalue weighted by atomic mass is 9.35. The van der Waals surface area contributed by atoms with Crippen LogP contribution >= 0.6 is 11.3 Å². The number of furan rings is 1. The third-order valence-electron chi connectivity index (χ3n) is 31.8. The second kappa shape index (κ2) is 26.5. The smallest absolute Gasteiger partial charge is 0.136 e. The summed E-state index contributed by atoms with van der Waals surface area (Å²) in [5.74, 6) is 4.84. The molecule has 0 amide bonds. The van der Waals surface area contributed by atoms with Gasteiger partial charge in [-0.05, 0) is 320 Å². The third kappa shape index (κ3) is 10.5. The Bertz CT molecular complexity index is 6920. The van der Waals surface area contributed by atoms with Crippen LogP contribution in [0.4, 0.5) is 34.1 Å². The molecule has 15 aromatic carbocycles. The van der Waals surface area contributed by atoms with Crippen molar-refractivity contribution in [3.63, 3.8) is 0 Å². The summed E-state index contributed by atoms with van der Waals surface area (Å²) in [6.07, 6.45) is 13.1. The van der Waals surface area contributed by atoms with Crippen LogP contribution in [0.3, 0.4) is 0 Å². The van der Waals surface area contributed by atoms with Crippen LogP contribution in [-0.4, -0.2) is 0 Å². The Hall–Kier alpha value is -12.1. The molecular formula is C116H96N2OS. The molecular weight excluding hydrogens is 1470 g/mol. The van der Waals surface area contributed by atoms with Crippen molar-refractivity contribution >= 4 is 87.6 Å². The fourth-order valence-corrected chi connectivity index (χ4v) is 28.1. The molecule has 5 atom stereocenters. The zero-order valence-electron chi connectivity index (χ0n) is 68.7. The van der Waals surface area contributed by atoms with Gasteiger partial charge in [-0.2, -0.15) is 0 Å². The van der Waals surface area contributed by atoms with Crippen molar-refractivity contribution in [1.29, 1.82) is 0 Å². The first-order valence-corrected chi connectivity index (χ1v) is 45.2. The average Bonchev–Trinajstić information content (AvgIpc) is 0.774. The summed E-state index contributed by atoms with van der Waals surface area (Å²) in [4.78, 5) is 5.07. The number of fused-ring (bicyclic) bond motifs is 10. The van der Waals surface area contributed by atoms with Gasteiger partial charge in [-0.1, -0.05) is 270 Å². The van der Waals surface area contributed by atoms with Crippen LogP contribution in [0.15, 0.2) is 350 Å². The Balaban J connectivity index is 0.545. The molecule has 0 radical (unpaired) electrons. The number of anilines is 6. The normalized spacial score (nSPS) is 24.0. The van der Waals surface area contributed by atoms with Gasteiger partial charge in [-0.15, -0.1) is 11.3 Å². The quantitative estimate of drug-likeness (QED) is 0.122. The summed E-state index contributed by atoms with van der Waals surface area (Å²) in [7, 11) is 0. The Labute approximate surface area is 708 Å². The standard InChI is InChI=1S/C116H96N2OS/c1-112(2)100-20-10-12-22-102(100)115(86-59-72-58-73(61-86)62-87(115)60-72)104-56-52-94(67-106(104)112)117(92-48-36-81(37-49-92)83-40-54-97-96-18-8-14-24-108(96)119-109(97)65-83)91-46-34-80(35-47-91)78-30-42-85(43-31-78)114-69-74-63-88(70-114)116(89(64-74)71-114)103-23-13-11-21-101(103)113(3,4)107-68-95(53-57-105(107)116)118(90-44-32-79(33-45-90)77-28-26-76(27-29-77)75-16-6-5-7-17-75)93-50-38-82(39-51-93)84-41-55-99-98-19-9-15-25-110(98)120-111(99)66-84/h5-57,65-68,72-74,86-89H,58-64,69-71H2,1-4H3/t72-,73+,74-,86+,87-,88+,89-,114-,115?,116?. The largest absolute Gasteiger partial charge is 0.456 e. The first-order valence-electron chi connectivity index (χ1n) is 44.4. The van der Waals surface area contributed by atoms with Crippen LogP contribution in [0.25, 0.3) is 97.7 Å². The molecule has 1 unspecified atom stereocenters. The molecule has 3 nitrogen and oxygen atoms in total. The van der Waals surface area contributed by atoms with Crippen molar-refractivity contribution in [3.05, 3.63) is 396 Å². The van der Waals surface area contributed by atoms with Crippen LogP contribution < -0.4 is 9.80 Å². The Morgan fingerprint density at radius 3 is 1.12 bits per heavy atom. The summed E-state index contributed by atoms with van der Waals surface area (Å²) < 4.78 is 9.10. The molecule has 2 spiro atoms. The van der Waals surface area contributed by atoms with Crippen molar-refractivity contribution in [2.24, 2.45) is 41.4 Å². The number of rotatable bonds is 12. The van der Waals surface area contributed by atoms with E-state index in [1.54, 1.807) is 22.3 Å². The van der Waals surface area contributed by atoms with Crippen LogP contribution in [0, 0.1) is 41.4 Å². The fourth-order valence-electron chi connectivity index (χ4n) is 26.9. The van der Waals surface area contributed by atoms with Gasteiger partial charge in [0.25, 0.3) is 0 Å². The summed E-state index contributed by atoms with van der Waals surface area (Å²) >= 11 is 1.89. The van der Waals surface area contributed by atoms with Crippen molar-refractivity contribution in [2.45, 2.75) is 119 Å². The highest BCUT2D eigenvalue weighted by Gasteiger charge is 2.67. The molecule has 4 heteroatoms. The summed E-state index contributed by atoms with van der Waals surface area (Å²) in [6, 6.07) is 133. The summed E-state index contributed by atoms with van der Waals surface area (Å²) in [5.41, 5.74) is 34.6. The highest BCUT2D eigenvalue weighted by molar-refractivity contribution is 7.25. The van der Waals surface area contributed by atoms with E-state index < -0.39 is 0 Å². The first-order chi connectivity index (χ1) is 58.8. The Kier molecular flexibility index (Phi) is 15.6. The van der Waals surface area contributed by atoms with E-state index in [-0.39, 0.29) is 27.1 Å². The maximum Gasteiger partial charge on any atom is 0.136 e. The summed E-state index contributed by atoms with van der Waals surface area (Å²) in [5, 5.41) is 4.97. The van der Waals surface area contributed by atoms with Crippen molar-refractivity contribution in [3.8, 4) is 55.6 Å². The Morgan fingerprint density at radius 1 is 0.250 bits per heavy atom. The minimum atomic E-state index is -0.244. The topological polar surface area (TPSA) is 19.6 Å². The van der Waals surface area contributed by atoms with E-state index in [0.29, 0.717) is 29.6 Å². The lowest BCUT2D eigenvalue weighted by molar-refractivity contribution is -0.0634. The number of benzene rings is 15. The second-order valence-corrected chi connectivity index (χ2v) is 39.5. The molecule has 0 N–H and O–H groups in total. The van der Waals surface area contributed by atoms with E-state index in [1.807, 2.05) is 11.3 Å². The van der Waals surface area contributed by atoms with Gasteiger partial charge in [0.1, 0.15) is 11.2 Å². The third-order valence-corrected chi connectivity index (χ3v) is 33.0. The van der Waals surface area contributed by atoms with E-state index in [2.05, 4.69) is 383 Å². The van der Waals surface area contributed by atoms with Crippen LogP contribution in [0.2, 0.25) is 0 Å². The molecule has 2 aromatic heterocycles. The van der Waals surface area contributed by atoms with E-state index in [0.717, 1.165) is 62.1 Å². The lowest BCUT2D eigenvalue weighted by Gasteiger charge is -2.68. The molecule has 17 aromatic rings. The second-order valence-electron chi connectivity index (χ2n) is 38.5. The number of hydrogen-bond acceptors (Lipinski definition) is 4. The van der Waals surface area contributed by atoms with Gasteiger partial charge in [0.2, 0.25) is 0 Å². The molecule has 27 rings (SSSR count). The highest BCUT2D eigenvalue weighted by atomic mass is 32.1. The molecule has 0 saturated heterocycles. The van der Waals surface area contributed by atoms with Gasteiger partial charge in [-0.25, -0.2) is 0 Å². The van der Waals surface area contributed by atoms with Crippen LogP contribution in [0.1, 0.15) is 142 Å². The fraction of sp³-hybridized carbons (Fsp3) is 0.224. The van der Waals surface area contributed by atoms with E-state index in [9.17, 15) is 0 Å². The molecule has 8 saturated carbocycles. The molecule has 8 bridgehead atoms. The van der Waals surface area contributed by atoms with Crippen molar-refractivity contribution < 1.29 is 4.42 Å². The van der Waals surface area contributed by atoms with Gasteiger partial charge in [0.15, 0.2) is 0 Å². The SMILES string of the molecule is CC1(C)c2ccccc2C2(c3ccc(N(c4ccc(-c5ccc(-c6ccccc6)cc5)cc4)c4ccc(-c5ccc6c(c5)sc5ccccc56)cc4)cc31)[C@@H]1C[C@H]3C[C@H]2C[C@](c2ccc(-c4ccc(N(c5ccc(-c6ccc7c(c6)oc6ccccc67)cc5)c5ccc6c(c5)C(C)(C)c5ccccc5C65[C@H]6C[C@H]7C[C@H](C[C@H]5C7)C6)cc4)cc2)(C3)C1. The predicted molar refractivity (Wildman–Crippen MR) is 501 cm³/mol. The zero-order valence-corrected chi connectivity index (χ0v) is 69.5. The monoisotopic (exact) mass is 1560 g/mol. The maximum atomic E-state index is 6.44. The molecule has 582 valence electrons. The van der Waals surface area contributed by atoms with Crippen molar-refractivity contribution in [1.82, 2.24) is 0 Å². The van der Waals surface area contributed by atoms with Gasteiger partial charge < -0.3 is 14.2 Å². The number of hydrogen-bond donors (Lipinski definition) is 0. The minimum Gasteiger partial charge on any atom is -0.456 e. The van der Waals surface area contributed by atoms with Crippen molar-refractivity contribution in [2.75, 3.05) is 9.80 Å². The zero-order chi connectivity index (χ0) is 79.5. The molecule has 120 heavy (non-hydrogen) atoms. The lowest BCUT2D eigenvalue weighted by Crippen LogP contribution is -2.63. The first kappa shape index (κ1) is 70.9. The molecule has 2 heterocycles. The molecule has 8 fully saturated rings. The molecule has 10 aliphatic carbocycles. The van der Waals surface area contributed by atoms with Gasteiger partial charge >= 0.3 is 0 Å². The van der Waals surface area contributed by atoms with E-state index in [4.69, 9.17) is 4.42 Å². The summed E-state index contributed by atoms with van der Waals surface area (Å²) in [6.45, 7) is 10.1. The average molecular weight is 1570 g/mol. The van der Waals surface area contributed by atoms with E-state index >= 15 is 0 Å². The maximum absolute atomic E-state index is 6.44. The van der Waals surface area contributed by atoms with Gasteiger partial charge in [-0.3, -0.25) is 0 Å². The molecule has 0 aliphatic heterocycles. The molecule has 10 aliphatic rings. The number of nitrogens with zero attached hydrogens (tertiary/aromatic N) is 2. The van der Waals surface area contributed by atoms with E-state index in [1.165, 1.54) is 174 Å². The van der Waals surface area contributed by atoms with Gasteiger partial charge in [0, 0.05) is 86.7 Å². The predicted octanol–water partition coefficient (Wildman–Crippen LogP) is 31.3. The van der Waals surface area contributed by atoms with Crippen LogP contribution in [0.5, 0.6) is 0 Å². The van der Waals surface area contributed by atoms with Crippen LogP contribution in [-0.2, 0) is 27.1 Å². The van der Waals surface area contributed by atoms with Gasteiger partial charge in [0.05, 0.1) is 0 Å². The number of thiophene rings is 1. The Morgan fingerprint density at radius 2 is 0.608 bits per heavy atom. The number of para-hydroxylation sites is 1.